The number of alkyl carbamates (subject to hydrolysis) is 1. The summed E-state index contributed by atoms with van der Waals surface area (Å²) < 4.78 is 11.0. The van der Waals surface area contributed by atoms with Crippen molar-refractivity contribution < 1.29 is 34.1 Å². The highest BCUT2D eigenvalue weighted by atomic mass is 16.5. The normalized spacial score (nSPS) is 17.3. The Hall–Kier alpha value is -5.23. The van der Waals surface area contributed by atoms with E-state index in [0.717, 1.165) is 27.8 Å². The molecule has 1 aliphatic carbocycles. The van der Waals surface area contributed by atoms with Gasteiger partial charge in [-0.25, -0.2) is 4.79 Å². The van der Waals surface area contributed by atoms with Gasteiger partial charge in [0, 0.05) is 13.0 Å². The smallest absolute Gasteiger partial charge is 0.408 e. The lowest BCUT2D eigenvalue weighted by atomic mass is 9.85. The van der Waals surface area contributed by atoms with Crippen LogP contribution in [0.3, 0.4) is 0 Å². The minimum absolute atomic E-state index is 0.0253. The predicted octanol–water partition coefficient (Wildman–Crippen LogP) is 4.75. The molecule has 0 saturated heterocycles. The SMILES string of the molecule is CCOc1ccc(CN[C@@H](C(=O)N[C@H]2c3ccccc3C[C@H]2O)[C@@H](O)[C@H](Cc2ccccc2)NC(=O)[C@@H](NC(=O)OCc2ccccc2)C(C)(C)C)cc1. The average molecular weight is 737 g/mol. The lowest BCUT2D eigenvalue weighted by Crippen LogP contribution is -2.62. The van der Waals surface area contributed by atoms with Crippen LogP contribution < -0.4 is 26.0 Å². The summed E-state index contributed by atoms with van der Waals surface area (Å²) in [6.07, 6.45) is -2.52. The summed E-state index contributed by atoms with van der Waals surface area (Å²) in [6, 6.07) is 29.5. The number of carbonyl (C=O) groups excluding carboxylic acids is 3. The van der Waals surface area contributed by atoms with Gasteiger partial charge < -0.3 is 35.6 Å². The van der Waals surface area contributed by atoms with Crippen molar-refractivity contribution in [1.82, 2.24) is 21.3 Å². The number of hydrogen-bond donors (Lipinski definition) is 6. The largest absolute Gasteiger partial charge is 0.494 e. The second kappa shape index (κ2) is 18.7. The minimum Gasteiger partial charge on any atom is -0.494 e. The molecule has 286 valence electrons. The number of aliphatic hydroxyl groups is 2. The number of benzene rings is 4. The van der Waals surface area contributed by atoms with Crippen molar-refractivity contribution in [3.8, 4) is 5.75 Å². The van der Waals surface area contributed by atoms with Crippen molar-refractivity contribution >= 4 is 17.9 Å². The molecule has 0 bridgehead atoms. The molecule has 54 heavy (non-hydrogen) atoms. The van der Waals surface area contributed by atoms with Crippen LogP contribution in [0.15, 0.2) is 109 Å². The van der Waals surface area contributed by atoms with Crippen molar-refractivity contribution in [2.24, 2.45) is 5.41 Å². The number of amides is 3. The molecule has 5 rings (SSSR count). The Balaban J connectivity index is 1.40. The van der Waals surface area contributed by atoms with Crippen LogP contribution in [0.4, 0.5) is 4.79 Å². The maximum atomic E-state index is 14.3. The van der Waals surface area contributed by atoms with Crippen LogP contribution in [0.2, 0.25) is 0 Å². The van der Waals surface area contributed by atoms with Crippen molar-refractivity contribution in [2.75, 3.05) is 6.61 Å². The molecule has 0 aromatic heterocycles. The third kappa shape index (κ3) is 10.9. The van der Waals surface area contributed by atoms with Gasteiger partial charge in [-0.15, -0.1) is 0 Å². The Morgan fingerprint density at radius 2 is 1.43 bits per heavy atom. The highest BCUT2D eigenvalue weighted by Crippen LogP contribution is 2.31. The molecule has 3 amide bonds. The molecular formula is C43H52N4O7. The number of rotatable bonds is 16. The molecular weight excluding hydrogens is 684 g/mol. The first-order valence-corrected chi connectivity index (χ1v) is 18.4. The van der Waals surface area contributed by atoms with Crippen LogP contribution in [-0.4, -0.2) is 65.1 Å². The Labute approximate surface area is 317 Å². The molecule has 6 N–H and O–H groups in total. The quantitative estimate of drug-likeness (QED) is 0.0963. The van der Waals surface area contributed by atoms with Gasteiger partial charge in [0.25, 0.3) is 0 Å². The van der Waals surface area contributed by atoms with Crippen LogP contribution in [0, 0.1) is 5.41 Å². The Morgan fingerprint density at radius 3 is 2.07 bits per heavy atom. The molecule has 0 aliphatic heterocycles. The second-order valence-electron chi connectivity index (χ2n) is 14.7. The van der Waals surface area contributed by atoms with E-state index in [0.29, 0.717) is 18.8 Å². The van der Waals surface area contributed by atoms with Gasteiger partial charge in [0.1, 0.15) is 24.4 Å². The first-order chi connectivity index (χ1) is 25.9. The van der Waals surface area contributed by atoms with E-state index in [1.54, 1.807) is 0 Å². The fourth-order valence-electron chi connectivity index (χ4n) is 6.64. The van der Waals surface area contributed by atoms with Gasteiger partial charge in [-0.05, 0) is 58.7 Å². The summed E-state index contributed by atoms with van der Waals surface area (Å²) in [5.74, 6) is -0.387. The molecule has 0 heterocycles. The van der Waals surface area contributed by atoms with E-state index < -0.39 is 59.7 Å². The van der Waals surface area contributed by atoms with Gasteiger partial charge in [0.15, 0.2) is 0 Å². The third-order valence-electron chi connectivity index (χ3n) is 9.53. The highest BCUT2D eigenvalue weighted by molar-refractivity contribution is 5.87. The van der Waals surface area contributed by atoms with E-state index >= 15 is 0 Å². The van der Waals surface area contributed by atoms with Crippen LogP contribution in [0.1, 0.15) is 61.6 Å². The first-order valence-electron chi connectivity index (χ1n) is 18.4. The van der Waals surface area contributed by atoms with E-state index in [4.69, 9.17) is 9.47 Å². The summed E-state index contributed by atoms with van der Waals surface area (Å²) in [5, 5.41) is 35.1. The number of carbonyl (C=O) groups is 3. The molecule has 0 spiro atoms. The molecule has 0 radical (unpaired) electrons. The summed E-state index contributed by atoms with van der Waals surface area (Å²) in [5.41, 5.74) is 3.44. The van der Waals surface area contributed by atoms with Gasteiger partial charge in [0.05, 0.1) is 30.9 Å². The average Bonchev–Trinajstić information content (AvgIpc) is 3.47. The minimum atomic E-state index is -1.46. The lowest BCUT2D eigenvalue weighted by Gasteiger charge is -2.35. The van der Waals surface area contributed by atoms with Gasteiger partial charge in [-0.2, -0.15) is 0 Å². The number of nitrogens with one attached hydrogen (secondary N) is 4. The van der Waals surface area contributed by atoms with Gasteiger partial charge in [-0.3, -0.25) is 14.9 Å². The van der Waals surface area contributed by atoms with Gasteiger partial charge >= 0.3 is 6.09 Å². The molecule has 4 aromatic carbocycles. The van der Waals surface area contributed by atoms with Crippen molar-refractivity contribution in [3.05, 3.63) is 137 Å². The molecule has 1 aliphatic rings. The van der Waals surface area contributed by atoms with E-state index in [9.17, 15) is 24.6 Å². The van der Waals surface area contributed by atoms with Crippen LogP contribution in [0.5, 0.6) is 5.75 Å². The summed E-state index contributed by atoms with van der Waals surface area (Å²) >= 11 is 0. The molecule has 4 aromatic rings. The Kier molecular flexibility index (Phi) is 13.8. The topological polar surface area (TPSA) is 158 Å². The molecule has 11 heteroatoms. The summed E-state index contributed by atoms with van der Waals surface area (Å²) in [7, 11) is 0. The van der Waals surface area contributed by atoms with Crippen molar-refractivity contribution in [2.45, 2.75) is 90.1 Å². The maximum absolute atomic E-state index is 14.3. The zero-order chi connectivity index (χ0) is 38.7. The van der Waals surface area contributed by atoms with Crippen molar-refractivity contribution in [3.63, 3.8) is 0 Å². The highest BCUT2D eigenvalue weighted by Gasteiger charge is 2.40. The van der Waals surface area contributed by atoms with Crippen LogP contribution in [0.25, 0.3) is 0 Å². The number of hydrogen-bond acceptors (Lipinski definition) is 8. The van der Waals surface area contributed by atoms with Gasteiger partial charge in [0.2, 0.25) is 11.8 Å². The number of fused-ring (bicyclic) bond motifs is 1. The molecule has 6 atom stereocenters. The lowest BCUT2D eigenvalue weighted by molar-refractivity contribution is -0.131. The summed E-state index contributed by atoms with van der Waals surface area (Å²) in [6.45, 7) is 8.11. The number of ether oxygens (including phenoxy) is 2. The third-order valence-corrected chi connectivity index (χ3v) is 9.53. The predicted molar refractivity (Wildman–Crippen MR) is 206 cm³/mol. The van der Waals surface area contributed by atoms with E-state index in [1.165, 1.54) is 0 Å². The van der Waals surface area contributed by atoms with E-state index in [2.05, 4.69) is 21.3 Å². The van der Waals surface area contributed by atoms with Crippen LogP contribution >= 0.6 is 0 Å². The van der Waals surface area contributed by atoms with E-state index in [-0.39, 0.29) is 19.6 Å². The monoisotopic (exact) mass is 736 g/mol. The number of aliphatic hydroxyl groups excluding tert-OH is 2. The maximum Gasteiger partial charge on any atom is 0.408 e. The zero-order valence-corrected chi connectivity index (χ0v) is 31.3. The standard InChI is InChI=1S/C43H52N4O7/c1-5-53-32-22-20-29(21-23-32)26-44-37(40(50)46-36-33-19-13-12-18-31(33)25-35(36)48)38(49)34(24-28-14-8-6-9-15-28)45-41(51)39(43(2,3)4)47-42(52)54-27-30-16-10-7-11-17-30/h6-23,34-39,44,48-49H,5,24-27H2,1-4H3,(H,45,51)(H,46,50)(H,47,52)/t34-,35+,36-,37+,38-,39+/m0/s1. The molecule has 0 saturated carbocycles. The van der Waals surface area contributed by atoms with E-state index in [1.807, 2.05) is 137 Å². The van der Waals surface area contributed by atoms with Crippen LogP contribution in [-0.2, 0) is 40.3 Å². The molecule has 0 unspecified atom stereocenters. The fourth-order valence-corrected chi connectivity index (χ4v) is 6.64. The second-order valence-corrected chi connectivity index (χ2v) is 14.7. The summed E-state index contributed by atoms with van der Waals surface area (Å²) in [4.78, 5) is 41.4. The fraction of sp³-hybridized carbons (Fsp3) is 0.372. The molecule has 0 fully saturated rings. The Bertz CT molecular complexity index is 1820. The first kappa shape index (κ1) is 40.0. The van der Waals surface area contributed by atoms with Gasteiger partial charge in [-0.1, -0.05) is 118 Å². The zero-order valence-electron chi connectivity index (χ0n) is 31.3. The van der Waals surface area contributed by atoms with Crippen molar-refractivity contribution in [1.29, 1.82) is 0 Å². The molecule has 11 nitrogen and oxygen atoms in total. The Morgan fingerprint density at radius 1 is 0.796 bits per heavy atom.